The van der Waals surface area contributed by atoms with Crippen molar-refractivity contribution in [2.75, 3.05) is 0 Å². The number of aromatic nitrogens is 2. The maximum Gasteiger partial charge on any atom is 0.272 e. The number of nitro groups is 1. The first kappa shape index (κ1) is 28.8. The van der Waals surface area contributed by atoms with Crippen LogP contribution in [0.5, 0.6) is 11.6 Å². The molecule has 210 valence electrons. The predicted octanol–water partition coefficient (Wildman–Crippen LogP) is 5.13. The van der Waals surface area contributed by atoms with Gasteiger partial charge in [0.1, 0.15) is 16.4 Å². The van der Waals surface area contributed by atoms with E-state index in [9.17, 15) is 23.3 Å². The predicted molar refractivity (Wildman–Crippen MR) is 146 cm³/mol. The summed E-state index contributed by atoms with van der Waals surface area (Å²) in [5, 5.41) is 19.0. The fourth-order valence-corrected chi connectivity index (χ4v) is 5.34. The number of rotatable bonds is 11. The molecule has 0 aliphatic rings. The van der Waals surface area contributed by atoms with Gasteiger partial charge < -0.3 is 14.5 Å². The largest absolute Gasteiger partial charge is 0.467 e. The van der Waals surface area contributed by atoms with Gasteiger partial charge in [0.05, 0.1) is 23.4 Å². The molecule has 2 aromatic carbocycles. The third-order valence-corrected chi connectivity index (χ3v) is 7.79. The number of benzene rings is 2. The molecule has 0 bridgehead atoms. The van der Waals surface area contributed by atoms with Gasteiger partial charge in [-0.2, -0.15) is 9.78 Å². The highest BCUT2D eigenvalue weighted by molar-refractivity contribution is 7.89. The molecular formula is C26H26ClN5O7S. The Hall–Kier alpha value is -4.20. The maximum absolute atomic E-state index is 13.3. The van der Waals surface area contributed by atoms with Crippen molar-refractivity contribution in [1.29, 1.82) is 0 Å². The summed E-state index contributed by atoms with van der Waals surface area (Å²) in [7, 11) is -4.24. The fraction of sp³-hybridized carbons (Fsp3) is 0.231. The van der Waals surface area contributed by atoms with E-state index >= 15 is 0 Å². The Kier molecular flexibility index (Phi) is 8.57. The monoisotopic (exact) mass is 587 g/mol. The average Bonchev–Trinajstić information content (AvgIpc) is 3.55. The minimum Gasteiger partial charge on any atom is -0.467 e. The van der Waals surface area contributed by atoms with Crippen LogP contribution in [-0.2, 0) is 16.6 Å². The molecule has 0 saturated carbocycles. The van der Waals surface area contributed by atoms with Crippen LogP contribution in [0.15, 0.2) is 70.2 Å². The van der Waals surface area contributed by atoms with Crippen molar-refractivity contribution >= 4 is 33.2 Å². The van der Waals surface area contributed by atoms with Crippen molar-refractivity contribution in [2.45, 2.75) is 44.7 Å². The highest BCUT2D eigenvalue weighted by Gasteiger charge is 2.28. The van der Waals surface area contributed by atoms with Gasteiger partial charge in [-0.3, -0.25) is 14.9 Å². The highest BCUT2D eigenvalue weighted by Crippen LogP contribution is 2.36. The Labute approximate surface area is 235 Å². The lowest BCUT2D eigenvalue weighted by atomic mass is 10.2. The summed E-state index contributed by atoms with van der Waals surface area (Å²) >= 11 is 6.19. The van der Waals surface area contributed by atoms with Crippen molar-refractivity contribution in [1.82, 2.24) is 19.8 Å². The molecule has 0 aliphatic carbocycles. The summed E-state index contributed by atoms with van der Waals surface area (Å²) in [6, 6.07) is 12.8. The second-order valence-corrected chi connectivity index (χ2v) is 11.0. The zero-order valence-corrected chi connectivity index (χ0v) is 23.3. The smallest absolute Gasteiger partial charge is 0.272 e. The number of nitrogens with one attached hydrogen (secondary N) is 2. The van der Waals surface area contributed by atoms with E-state index < -0.39 is 37.5 Å². The number of carbonyl (C=O) groups is 1. The molecule has 4 aromatic rings. The molecule has 0 spiro atoms. The summed E-state index contributed by atoms with van der Waals surface area (Å²) in [5.41, 5.74) is 0.286. The molecule has 2 aromatic heterocycles. The Morgan fingerprint density at radius 1 is 1.23 bits per heavy atom. The van der Waals surface area contributed by atoms with Gasteiger partial charge in [0.15, 0.2) is 5.69 Å². The van der Waals surface area contributed by atoms with Gasteiger partial charge in [0, 0.05) is 28.8 Å². The number of sulfonamides is 1. The molecule has 14 heteroatoms. The molecule has 40 heavy (non-hydrogen) atoms. The van der Waals surface area contributed by atoms with E-state index in [0.29, 0.717) is 22.9 Å². The number of furan rings is 1. The Balaban J connectivity index is 1.81. The quantitative estimate of drug-likeness (QED) is 0.180. The Morgan fingerprint density at radius 2 is 2.00 bits per heavy atom. The van der Waals surface area contributed by atoms with Gasteiger partial charge in [-0.05, 0) is 56.7 Å². The van der Waals surface area contributed by atoms with Crippen LogP contribution in [0.2, 0.25) is 5.02 Å². The third-order valence-electron chi connectivity index (χ3n) is 5.94. The van der Waals surface area contributed by atoms with Crippen LogP contribution >= 0.6 is 11.6 Å². The van der Waals surface area contributed by atoms with Crippen LogP contribution < -0.4 is 14.8 Å². The summed E-state index contributed by atoms with van der Waals surface area (Å²) in [6.07, 6.45) is 1.97. The summed E-state index contributed by atoms with van der Waals surface area (Å²) in [6.45, 7) is 5.16. The fourth-order valence-electron chi connectivity index (χ4n) is 3.68. The van der Waals surface area contributed by atoms with Crippen LogP contribution in [-0.4, -0.2) is 35.1 Å². The molecule has 2 heterocycles. The third kappa shape index (κ3) is 6.33. The van der Waals surface area contributed by atoms with E-state index in [1.807, 2.05) is 0 Å². The average molecular weight is 588 g/mol. The lowest BCUT2D eigenvalue weighted by Crippen LogP contribution is -2.32. The number of carbonyl (C=O) groups excluding carboxylic acids is 1. The highest BCUT2D eigenvalue weighted by atomic mass is 35.5. The van der Waals surface area contributed by atoms with E-state index in [2.05, 4.69) is 15.1 Å². The number of amides is 1. The lowest BCUT2D eigenvalue weighted by molar-refractivity contribution is -0.385. The first-order valence-electron chi connectivity index (χ1n) is 12.1. The zero-order chi connectivity index (χ0) is 29.0. The minimum absolute atomic E-state index is 0.00517. The minimum atomic E-state index is -4.24. The second-order valence-electron chi connectivity index (χ2n) is 8.85. The number of halogens is 1. The van der Waals surface area contributed by atoms with E-state index in [-0.39, 0.29) is 29.4 Å². The number of hydrogen-bond acceptors (Lipinski definition) is 8. The van der Waals surface area contributed by atoms with Crippen molar-refractivity contribution in [3.8, 4) is 17.3 Å². The van der Waals surface area contributed by atoms with Gasteiger partial charge in [0.25, 0.3) is 11.6 Å². The first-order chi connectivity index (χ1) is 19.0. The summed E-state index contributed by atoms with van der Waals surface area (Å²) in [5.74, 6) is -0.185. The molecule has 4 rings (SSSR count). The zero-order valence-electron chi connectivity index (χ0n) is 21.8. The molecular weight excluding hydrogens is 562 g/mol. The lowest BCUT2D eigenvalue weighted by Gasteiger charge is -2.16. The Morgan fingerprint density at radius 3 is 2.65 bits per heavy atom. The number of hydrogen-bond donors (Lipinski definition) is 2. The molecule has 12 nitrogen and oxygen atoms in total. The molecule has 0 fully saturated rings. The number of nitro benzene ring substituents is 1. The van der Waals surface area contributed by atoms with Crippen molar-refractivity contribution < 1.29 is 27.3 Å². The molecule has 1 unspecified atom stereocenters. The molecule has 1 atom stereocenters. The number of ether oxygens (including phenoxy) is 1. The van der Waals surface area contributed by atoms with Crippen LogP contribution in [0.3, 0.4) is 0 Å². The maximum atomic E-state index is 13.3. The van der Waals surface area contributed by atoms with Crippen LogP contribution in [0.4, 0.5) is 5.69 Å². The van der Waals surface area contributed by atoms with E-state index in [4.69, 9.17) is 20.8 Å². The van der Waals surface area contributed by atoms with Crippen molar-refractivity contribution in [2.24, 2.45) is 0 Å². The van der Waals surface area contributed by atoms with Crippen LogP contribution in [0.25, 0.3) is 5.69 Å². The van der Waals surface area contributed by atoms with Gasteiger partial charge in [-0.25, -0.2) is 13.1 Å². The number of nitrogens with zero attached hydrogens (tertiary/aromatic N) is 3. The van der Waals surface area contributed by atoms with Crippen LogP contribution in [0, 0.1) is 17.0 Å². The first-order valence-corrected chi connectivity index (χ1v) is 14.0. The van der Waals surface area contributed by atoms with E-state index in [1.54, 1.807) is 57.2 Å². The summed E-state index contributed by atoms with van der Waals surface area (Å²) in [4.78, 5) is 23.4. The number of non-ortho nitro benzene ring substituents is 1. The van der Waals surface area contributed by atoms with E-state index in [1.165, 1.54) is 17.0 Å². The standard InChI is InChI=1S/C26H26ClN5O7S/c1-4-16(2)30-40(36,37)23-14-20(32(34)35)10-11-22(23)39-26-17(3)24(25(33)28-15-21-9-6-12-38-21)29-31(26)19-8-5-7-18(27)13-19/h5-14,16,30H,4,15H2,1-3H3,(H,28,33). The van der Waals surface area contributed by atoms with Crippen molar-refractivity contribution in [3.63, 3.8) is 0 Å². The van der Waals surface area contributed by atoms with Gasteiger partial charge in [-0.15, -0.1) is 0 Å². The molecule has 0 radical (unpaired) electrons. The molecule has 1 amide bonds. The van der Waals surface area contributed by atoms with Crippen molar-refractivity contribution in [3.05, 3.63) is 93.0 Å². The second kappa shape index (κ2) is 11.9. The van der Waals surface area contributed by atoms with E-state index in [0.717, 1.165) is 12.1 Å². The van der Waals surface area contributed by atoms with Gasteiger partial charge in [-0.1, -0.05) is 24.6 Å². The molecule has 0 aliphatic heterocycles. The van der Waals surface area contributed by atoms with Gasteiger partial charge >= 0.3 is 0 Å². The summed E-state index contributed by atoms with van der Waals surface area (Å²) < 4.78 is 41.7. The topological polar surface area (TPSA) is 159 Å². The van der Waals surface area contributed by atoms with Gasteiger partial charge in [0.2, 0.25) is 15.9 Å². The SMILES string of the molecule is CCC(C)NS(=O)(=O)c1cc([N+](=O)[O-])ccc1Oc1c(C)c(C(=O)NCc2ccco2)nn1-c1cccc(Cl)c1. The Bertz CT molecular complexity index is 1650. The van der Waals surface area contributed by atoms with Crippen LogP contribution in [0.1, 0.15) is 42.1 Å². The normalized spacial score (nSPS) is 12.2. The molecule has 2 N–H and O–H groups in total. The molecule has 0 saturated heterocycles.